The molecule has 0 aliphatic carbocycles. The molecule has 1 atom stereocenters. The Morgan fingerprint density at radius 3 is 2.59 bits per heavy atom. The Hall–Kier alpha value is -3.10. The van der Waals surface area contributed by atoms with E-state index in [1.165, 1.54) is 6.92 Å². The summed E-state index contributed by atoms with van der Waals surface area (Å²) >= 11 is 0. The van der Waals surface area contributed by atoms with Crippen LogP contribution in [0.15, 0.2) is 41.1 Å². The van der Waals surface area contributed by atoms with Crippen molar-refractivity contribution < 1.29 is 27.2 Å². The van der Waals surface area contributed by atoms with Crippen LogP contribution in [-0.2, 0) is 11.0 Å². The maximum Gasteiger partial charge on any atom is 0.436 e. The van der Waals surface area contributed by atoms with Gasteiger partial charge in [0.25, 0.3) is 5.91 Å². The van der Waals surface area contributed by atoms with Crippen LogP contribution >= 0.6 is 0 Å². The molecule has 9 heteroatoms. The lowest BCUT2D eigenvalue weighted by Crippen LogP contribution is -2.25. The molecule has 27 heavy (non-hydrogen) atoms. The number of nitrogens with one attached hydrogen (secondary N) is 1. The summed E-state index contributed by atoms with van der Waals surface area (Å²) in [6.45, 7) is 3.18. The molecule has 2 heterocycles. The second-order valence-corrected chi connectivity index (χ2v) is 5.97. The van der Waals surface area contributed by atoms with Crippen molar-refractivity contribution >= 4 is 28.6 Å². The zero-order valence-corrected chi connectivity index (χ0v) is 14.5. The van der Waals surface area contributed by atoms with Crippen LogP contribution in [0.3, 0.4) is 0 Å². The summed E-state index contributed by atoms with van der Waals surface area (Å²) in [6, 6.07) is 5.81. The van der Waals surface area contributed by atoms with Gasteiger partial charge in [-0.15, -0.1) is 0 Å². The number of nitrogens with zero attached hydrogens (tertiary/aromatic N) is 2. The Kier molecular flexibility index (Phi) is 4.77. The number of aromatic nitrogens is 2. The minimum atomic E-state index is -4.66. The molecule has 0 spiro atoms. The van der Waals surface area contributed by atoms with E-state index in [1.807, 2.05) is 0 Å². The van der Waals surface area contributed by atoms with Crippen molar-refractivity contribution in [2.24, 2.45) is 0 Å². The highest BCUT2D eigenvalue weighted by Gasteiger charge is 2.35. The minimum absolute atomic E-state index is 0.150. The third kappa shape index (κ3) is 3.57. The zero-order valence-electron chi connectivity index (χ0n) is 14.5. The second-order valence-electron chi connectivity index (χ2n) is 5.97. The molecule has 2 aromatic heterocycles. The lowest BCUT2D eigenvalue weighted by molar-refractivity contribution is -0.141. The number of fused-ring (bicyclic) bond motifs is 1. The van der Waals surface area contributed by atoms with Gasteiger partial charge in [0.15, 0.2) is 11.5 Å². The summed E-state index contributed by atoms with van der Waals surface area (Å²) in [6.07, 6.45) is -2.30. The number of halogens is 3. The number of alkyl halides is 3. The molecule has 142 valence electrons. The van der Waals surface area contributed by atoms with Gasteiger partial charge in [-0.05, 0) is 19.4 Å². The number of rotatable bonds is 5. The molecule has 6 nitrogen and oxygen atoms in total. The van der Waals surface area contributed by atoms with Crippen LogP contribution in [0.25, 0.3) is 10.9 Å². The lowest BCUT2D eigenvalue weighted by Gasteiger charge is -2.17. The molecule has 0 saturated carbocycles. The van der Waals surface area contributed by atoms with E-state index < -0.39 is 29.8 Å². The largest absolute Gasteiger partial charge is 0.436 e. The van der Waals surface area contributed by atoms with E-state index in [-0.39, 0.29) is 5.78 Å². The van der Waals surface area contributed by atoms with Crippen LogP contribution in [0.1, 0.15) is 42.4 Å². The minimum Gasteiger partial charge on any atom is -0.431 e. The smallest absolute Gasteiger partial charge is 0.431 e. The fourth-order valence-electron chi connectivity index (χ4n) is 2.90. The van der Waals surface area contributed by atoms with Gasteiger partial charge in [-0.1, -0.05) is 25.1 Å². The molecular formula is C18H16F3N3O3. The highest BCUT2D eigenvalue weighted by Crippen LogP contribution is 2.30. The number of hydrogen-bond acceptors (Lipinski definition) is 4. The average molecular weight is 379 g/mol. The van der Waals surface area contributed by atoms with Crippen molar-refractivity contribution in [1.82, 2.24) is 9.55 Å². The number of carbonyl (C=O) groups excluding carboxylic acids is 2. The molecule has 0 aliphatic heterocycles. The number of para-hydroxylation sites is 1. The second kappa shape index (κ2) is 6.90. The van der Waals surface area contributed by atoms with E-state index in [0.717, 1.165) is 0 Å². The summed E-state index contributed by atoms with van der Waals surface area (Å²) in [5.41, 5.74) is -0.0865. The number of Topliss-reactive ketones (excluding diaryl/α,β-unsaturated/α-hetero) is 1. The predicted molar refractivity (Wildman–Crippen MR) is 91.4 cm³/mol. The van der Waals surface area contributed by atoms with Crippen molar-refractivity contribution in [3.8, 4) is 0 Å². The maximum absolute atomic E-state index is 12.6. The molecule has 0 saturated heterocycles. The van der Waals surface area contributed by atoms with Gasteiger partial charge in [-0.2, -0.15) is 18.2 Å². The van der Waals surface area contributed by atoms with E-state index in [2.05, 4.69) is 10.3 Å². The Balaban J connectivity index is 1.93. The van der Waals surface area contributed by atoms with E-state index in [4.69, 9.17) is 4.42 Å². The maximum atomic E-state index is 12.6. The topological polar surface area (TPSA) is 77.1 Å². The van der Waals surface area contributed by atoms with Crippen molar-refractivity contribution in [3.63, 3.8) is 0 Å². The molecule has 1 amide bonds. The Morgan fingerprint density at radius 2 is 2.00 bits per heavy atom. The molecular weight excluding hydrogens is 363 g/mol. The molecule has 3 rings (SSSR count). The van der Waals surface area contributed by atoms with E-state index >= 15 is 0 Å². The zero-order chi connectivity index (χ0) is 19.8. The SMILES string of the molecule is CCC(C(=O)Nc1nc(C(F)(F)F)co1)n1cc(C(C)=O)c2ccccc21. The lowest BCUT2D eigenvalue weighted by atomic mass is 10.1. The van der Waals surface area contributed by atoms with Crippen molar-refractivity contribution in [2.75, 3.05) is 5.32 Å². The first kappa shape index (κ1) is 18.7. The van der Waals surface area contributed by atoms with E-state index in [0.29, 0.717) is 29.2 Å². The van der Waals surface area contributed by atoms with Gasteiger partial charge in [0.05, 0.1) is 0 Å². The summed E-state index contributed by atoms with van der Waals surface area (Å²) < 4.78 is 44.2. The van der Waals surface area contributed by atoms with Gasteiger partial charge in [-0.25, -0.2) is 0 Å². The standard InChI is InChI=1S/C18H16F3N3O3/c1-3-13(16(26)23-17-22-15(9-27-17)18(19,20)21)24-8-12(10(2)25)11-6-4-5-7-14(11)24/h4-9,13H,3H2,1-2H3,(H,22,23,26). The normalized spacial score (nSPS) is 12.9. The third-order valence-corrected chi connectivity index (χ3v) is 4.17. The third-order valence-electron chi connectivity index (χ3n) is 4.17. The van der Waals surface area contributed by atoms with E-state index in [1.54, 1.807) is 42.0 Å². The van der Waals surface area contributed by atoms with Gasteiger partial charge in [0, 0.05) is 22.7 Å². The quantitative estimate of drug-likeness (QED) is 0.665. The fourth-order valence-corrected chi connectivity index (χ4v) is 2.90. The summed E-state index contributed by atoms with van der Waals surface area (Å²) in [5, 5.41) is 2.97. The first-order valence-electron chi connectivity index (χ1n) is 8.16. The Labute approximate surface area is 152 Å². The summed E-state index contributed by atoms with van der Waals surface area (Å²) in [7, 11) is 0. The van der Waals surface area contributed by atoms with Gasteiger partial charge in [-0.3, -0.25) is 14.9 Å². The molecule has 3 aromatic rings. The highest BCUT2D eigenvalue weighted by atomic mass is 19.4. The van der Waals surface area contributed by atoms with Gasteiger partial charge < -0.3 is 8.98 Å². The number of ketones is 1. The number of anilines is 1. The number of amides is 1. The van der Waals surface area contributed by atoms with E-state index in [9.17, 15) is 22.8 Å². The molecule has 0 bridgehead atoms. The number of oxazole rings is 1. The van der Waals surface area contributed by atoms with Crippen LogP contribution in [0, 0.1) is 0 Å². The highest BCUT2D eigenvalue weighted by molar-refractivity contribution is 6.07. The monoisotopic (exact) mass is 379 g/mol. The average Bonchev–Trinajstić information content (AvgIpc) is 3.21. The predicted octanol–water partition coefficient (Wildman–Crippen LogP) is 4.44. The number of carbonyl (C=O) groups is 2. The van der Waals surface area contributed by atoms with Crippen LogP contribution in [0.2, 0.25) is 0 Å². The van der Waals surface area contributed by atoms with Gasteiger partial charge in [0.1, 0.15) is 12.3 Å². The molecule has 0 radical (unpaired) electrons. The number of benzene rings is 1. The van der Waals surface area contributed by atoms with Crippen LogP contribution < -0.4 is 5.32 Å². The Morgan fingerprint density at radius 1 is 1.30 bits per heavy atom. The van der Waals surface area contributed by atoms with Gasteiger partial charge in [0.2, 0.25) is 0 Å². The molecule has 1 unspecified atom stereocenters. The molecule has 0 fully saturated rings. The Bertz CT molecular complexity index is 1000. The summed E-state index contributed by atoms with van der Waals surface area (Å²) in [5.74, 6) is -0.744. The molecule has 0 aliphatic rings. The van der Waals surface area contributed by atoms with Crippen molar-refractivity contribution in [3.05, 3.63) is 48.0 Å². The van der Waals surface area contributed by atoms with Crippen LogP contribution in [-0.4, -0.2) is 21.2 Å². The van der Waals surface area contributed by atoms with Crippen LogP contribution in [0.4, 0.5) is 19.2 Å². The van der Waals surface area contributed by atoms with Crippen molar-refractivity contribution in [1.29, 1.82) is 0 Å². The summed E-state index contributed by atoms with van der Waals surface area (Å²) in [4.78, 5) is 27.8. The fraction of sp³-hybridized carbons (Fsp3) is 0.278. The molecule has 1 N–H and O–H groups in total. The van der Waals surface area contributed by atoms with Crippen LogP contribution in [0.5, 0.6) is 0 Å². The number of hydrogen-bond donors (Lipinski definition) is 1. The molecule has 1 aromatic carbocycles. The van der Waals surface area contributed by atoms with Crippen molar-refractivity contribution in [2.45, 2.75) is 32.5 Å². The first-order valence-corrected chi connectivity index (χ1v) is 8.16. The van der Waals surface area contributed by atoms with Gasteiger partial charge >= 0.3 is 12.2 Å². The first-order chi connectivity index (χ1) is 12.7.